The molecule has 7 heteroatoms. The van der Waals surface area contributed by atoms with Gasteiger partial charge in [0.1, 0.15) is 5.75 Å². The first-order valence-corrected chi connectivity index (χ1v) is 14.6. The summed E-state index contributed by atoms with van der Waals surface area (Å²) in [6, 6.07) is 14.2. The van der Waals surface area contributed by atoms with Crippen molar-refractivity contribution in [1.82, 2.24) is 5.48 Å². The van der Waals surface area contributed by atoms with E-state index in [0.29, 0.717) is 17.9 Å². The van der Waals surface area contributed by atoms with E-state index in [1.807, 2.05) is 18.2 Å². The Morgan fingerprint density at radius 2 is 1.70 bits per heavy atom. The number of esters is 1. The lowest BCUT2D eigenvalue weighted by Gasteiger charge is -2.57. The van der Waals surface area contributed by atoms with Crippen molar-refractivity contribution in [2.75, 3.05) is 20.3 Å². The molecule has 1 aliphatic heterocycles. The number of carbonyl (C=O) groups excluding carboxylic acids is 2. The first-order chi connectivity index (χ1) is 19.4. The van der Waals surface area contributed by atoms with Crippen LogP contribution in [0.2, 0.25) is 0 Å². The Morgan fingerprint density at radius 1 is 1.00 bits per heavy atom. The van der Waals surface area contributed by atoms with E-state index < -0.39 is 12.3 Å². The SMILES string of the molecule is C=C(C(=O)OC)c1ccc(-c2ccc(OCC(=O)NOC3CCCCO3)cc2C23CC4CC(CC(C4)C2)C3)cc1. The van der Waals surface area contributed by atoms with Gasteiger partial charge in [-0.3, -0.25) is 4.79 Å². The van der Waals surface area contributed by atoms with Gasteiger partial charge >= 0.3 is 5.97 Å². The lowest BCUT2D eigenvalue weighted by Crippen LogP contribution is -2.48. The van der Waals surface area contributed by atoms with Gasteiger partial charge in [-0.25, -0.2) is 15.1 Å². The van der Waals surface area contributed by atoms with Gasteiger partial charge in [0.2, 0.25) is 0 Å². The number of hydrogen-bond acceptors (Lipinski definition) is 6. The minimum Gasteiger partial charge on any atom is -0.484 e. The van der Waals surface area contributed by atoms with Gasteiger partial charge in [-0.2, -0.15) is 0 Å². The first kappa shape index (κ1) is 27.0. The number of ether oxygens (including phenoxy) is 3. The molecule has 4 bridgehead atoms. The summed E-state index contributed by atoms with van der Waals surface area (Å²) in [5, 5.41) is 0. The molecule has 0 radical (unpaired) electrons. The van der Waals surface area contributed by atoms with Gasteiger partial charge < -0.3 is 14.2 Å². The number of rotatable bonds is 9. The molecular weight excluding hydrogens is 506 g/mol. The van der Waals surface area contributed by atoms with Crippen LogP contribution in [-0.4, -0.2) is 38.5 Å². The Labute approximate surface area is 236 Å². The number of amides is 1. The number of hydroxylamine groups is 1. The molecule has 2 aromatic rings. The summed E-state index contributed by atoms with van der Waals surface area (Å²) in [6.07, 6.45) is 10.1. The maximum absolute atomic E-state index is 12.5. The van der Waals surface area contributed by atoms with E-state index in [9.17, 15) is 9.59 Å². The normalized spacial score (nSPS) is 28.6. The van der Waals surface area contributed by atoms with Gasteiger partial charge in [0.25, 0.3) is 5.91 Å². The van der Waals surface area contributed by atoms with E-state index in [1.54, 1.807) is 0 Å². The van der Waals surface area contributed by atoms with Crippen molar-refractivity contribution in [3.63, 3.8) is 0 Å². The van der Waals surface area contributed by atoms with E-state index in [0.717, 1.165) is 48.1 Å². The van der Waals surface area contributed by atoms with Crippen LogP contribution < -0.4 is 10.2 Å². The van der Waals surface area contributed by atoms with Gasteiger partial charge in [0.05, 0.1) is 12.7 Å². The summed E-state index contributed by atoms with van der Waals surface area (Å²) in [5.74, 6) is 2.30. The van der Waals surface area contributed by atoms with Crippen molar-refractivity contribution in [2.24, 2.45) is 17.8 Å². The molecule has 4 saturated carbocycles. The number of carbonyl (C=O) groups is 2. The molecule has 1 atom stereocenters. The summed E-state index contributed by atoms with van der Waals surface area (Å²) in [4.78, 5) is 29.8. The standard InChI is InChI=1S/C33H39NO6/c1-21(32(36)37-2)25-6-8-26(9-7-25)28-11-10-27(39-20-30(35)34-40-31-5-3-4-12-38-31)16-29(28)33-17-22-13-23(18-33)15-24(14-22)19-33/h6-11,16,22-24,31H,1,3-5,12-15,17-20H2,2H3,(H,34,35). The molecule has 5 aliphatic rings. The highest BCUT2D eigenvalue weighted by Crippen LogP contribution is 2.62. The second-order valence-electron chi connectivity index (χ2n) is 12.2. The van der Waals surface area contributed by atoms with Crippen LogP contribution in [0.1, 0.15) is 68.9 Å². The second kappa shape index (κ2) is 11.4. The highest BCUT2D eigenvalue weighted by atomic mass is 16.8. The number of methoxy groups -OCH3 is 1. The average Bonchev–Trinajstić information content (AvgIpc) is 2.98. The fraction of sp³-hybridized carbons (Fsp3) is 0.515. The number of benzene rings is 2. The lowest BCUT2D eigenvalue weighted by atomic mass is 9.47. The van der Waals surface area contributed by atoms with Gasteiger partial charge in [0.15, 0.2) is 12.9 Å². The molecule has 1 saturated heterocycles. The summed E-state index contributed by atoms with van der Waals surface area (Å²) in [7, 11) is 1.37. The molecule has 0 spiro atoms. The molecule has 1 heterocycles. The number of hydrogen-bond donors (Lipinski definition) is 1. The molecule has 1 unspecified atom stereocenters. The molecule has 4 aliphatic carbocycles. The number of nitrogens with one attached hydrogen (secondary N) is 1. The third-order valence-corrected chi connectivity index (χ3v) is 9.39. The summed E-state index contributed by atoms with van der Waals surface area (Å²) < 4.78 is 16.3. The van der Waals surface area contributed by atoms with E-state index >= 15 is 0 Å². The highest BCUT2D eigenvalue weighted by molar-refractivity contribution is 6.15. The monoisotopic (exact) mass is 545 g/mol. The van der Waals surface area contributed by atoms with Crippen LogP contribution in [0.3, 0.4) is 0 Å². The predicted octanol–water partition coefficient (Wildman–Crippen LogP) is 5.96. The van der Waals surface area contributed by atoms with Gasteiger partial charge in [0, 0.05) is 13.0 Å². The van der Waals surface area contributed by atoms with Crippen molar-refractivity contribution in [2.45, 2.75) is 69.5 Å². The fourth-order valence-electron chi connectivity index (χ4n) is 7.95. The zero-order valence-electron chi connectivity index (χ0n) is 23.3. The molecule has 5 fully saturated rings. The van der Waals surface area contributed by atoms with E-state index in [4.69, 9.17) is 19.0 Å². The highest BCUT2D eigenvalue weighted by Gasteiger charge is 2.52. The molecule has 1 amide bonds. The van der Waals surface area contributed by atoms with Crippen LogP contribution in [0.15, 0.2) is 49.0 Å². The molecule has 0 aromatic heterocycles. The Balaban J connectivity index is 1.24. The minimum atomic E-state index is -0.427. The van der Waals surface area contributed by atoms with Crippen LogP contribution in [0, 0.1) is 17.8 Å². The third kappa shape index (κ3) is 5.54. The first-order valence-electron chi connectivity index (χ1n) is 14.6. The zero-order valence-corrected chi connectivity index (χ0v) is 23.3. The van der Waals surface area contributed by atoms with E-state index in [2.05, 4.69) is 36.3 Å². The Hall–Kier alpha value is -3.16. The van der Waals surface area contributed by atoms with E-state index in [-0.39, 0.29) is 17.9 Å². The molecule has 40 heavy (non-hydrogen) atoms. The van der Waals surface area contributed by atoms with Crippen molar-refractivity contribution >= 4 is 17.4 Å². The third-order valence-electron chi connectivity index (χ3n) is 9.39. The molecule has 2 aromatic carbocycles. The van der Waals surface area contributed by atoms with Gasteiger partial charge in [-0.05, 0) is 109 Å². The topological polar surface area (TPSA) is 83.1 Å². The maximum Gasteiger partial charge on any atom is 0.337 e. The van der Waals surface area contributed by atoms with Crippen LogP contribution in [-0.2, 0) is 29.3 Å². The predicted molar refractivity (Wildman–Crippen MR) is 151 cm³/mol. The molecular formula is C33H39NO6. The lowest BCUT2D eigenvalue weighted by molar-refractivity contribution is -0.201. The van der Waals surface area contributed by atoms with Crippen molar-refractivity contribution in [1.29, 1.82) is 0 Å². The van der Waals surface area contributed by atoms with Crippen LogP contribution in [0.25, 0.3) is 16.7 Å². The van der Waals surface area contributed by atoms with Crippen LogP contribution >= 0.6 is 0 Å². The second-order valence-corrected chi connectivity index (χ2v) is 12.2. The molecule has 7 rings (SSSR count). The smallest absolute Gasteiger partial charge is 0.337 e. The Kier molecular flexibility index (Phi) is 7.69. The summed E-state index contributed by atoms with van der Waals surface area (Å²) in [6.45, 7) is 4.41. The Morgan fingerprint density at radius 3 is 2.33 bits per heavy atom. The van der Waals surface area contributed by atoms with Crippen LogP contribution in [0.4, 0.5) is 0 Å². The average molecular weight is 546 g/mol. The van der Waals surface area contributed by atoms with Crippen LogP contribution in [0.5, 0.6) is 5.75 Å². The maximum atomic E-state index is 12.5. The molecule has 212 valence electrons. The quantitative estimate of drug-likeness (QED) is 0.238. The molecule has 7 nitrogen and oxygen atoms in total. The minimum absolute atomic E-state index is 0.126. The Bertz CT molecular complexity index is 1230. The molecule has 1 N–H and O–H groups in total. The fourth-order valence-corrected chi connectivity index (χ4v) is 7.95. The van der Waals surface area contributed by atoms with Gasteiger partial charge in [-0.15, -0.1) is 0 Å². The van der Waals surface area contributed by atoms with Crippen molar-refractivity contribution in [3.8, 4) is 16.9 Å². The van der Waals surface area contributed by atoms with Gasteiger partial charge in [-0.1, -0.05) is 36.9 Å². The zero-order chi connectivity index (χ0) is 27.7. The van der Waals surface area contributed by atoms with E-state index in [1.165, 1.54) is 56.8 Å². The summed E-state index contributed by atoms with van der Waals surface area (Å²) in [5.41, 5.74) is 7.30. The largest absolute Gasteiger partial charge is 0.484 e. The van der Waals surface area contributed by atoms with Crippen molar-refractivity contribution < 1.29 is 28.6 Å². The summed E-state index contributed by atoms with van der Waals surface area (Å²) >= 11 is 0. The van der Waals surface area contributed by atoms with Crippen molar-refractivity contribution in [3.05, 3.63) is 60.2 Å².